The van der Waals surface area contributed by atoms with Crippen molar-refractivity contribution in [1.82, 2.24) is 0 Å². The van der Waals surface area contributed by atoms with Crippen LogP contribution in [0.3, 0.4) is 0 Å². The molecule has 0 saturated carbocycles. The number of carbonyl (C=O) groups is 1. The summed E-state index contributed by atoms with van der Waals surface area (Å²) in [6, 6.07) is 2.51. The van der Waals surface area contributed by atoms with E-state index in [1.54, 1.807) is 12.2 Å². The van der Waals surface area contributed by atoms with Gasteiger partial charge in [0.2, 0.25) is 0 Å². The standard InChI is InChI=1S/C19H25NO5/c1-4-7-9-15(20-25-6-3)11-14-12-16(21)13-17(22)18(14)19(23)24-10-8-5-2/h5,7,9,12-13,21-22H,2,4,6,8,10-11H2,1,3H3/b9-7+,20-15+. The Hall–Kier alpha value is -2.76. The minimum atomic E-state index is -0.662. The maximum atomic E-state index is 12.3. The van der Waals surface area contributed by atoms with E-state index in [2.05, 4.69) is 11.7 Å². The minimum Gasteiger partial charge on any atom is -0.508 e. The molecule has 1 aromatic rings. The Kier molecular flexibility index (Phi) is 8.85. The van der Waals surface area contributed by atoms with Gasteiger partial charge in [0.1, 0.15) is 23.7 Å². The van der Waals surface area contributed by atoms with E-state index in [9.17, 15) is 15.0 Å². The summed E-state index contributed by atoms with van der Waals surface area (Å²) < 4.78 is 5.13. The first kappa shape index (κ1) is 20.3. The number of oxime groups is 1. The summed E-state index contributed by atoms with van der Waals surface area (Å²) in [6.07, 6.45) is 6.84. The molecule has 0 heterocycles. The van der Waals surface area contributed by atoms with E-state index in [1.165, 1.54) is 6.07 Å². The molecular formula is C19H25NO5. The van der Waals surface area contributed by atoms with Crippen LogP contribution in [0.1, 0.15) is 42.6 Å². The van der Waals surface area contributed by atoms with Crippen LogP contribution >= 0.6 is 0 Å². The first-order valence-corrected chi connectivity index (χ1v) is 8.21. The molecule has 0 spiro atoms. The summed E-state index contributed by atoms with van der Waals surface area (Å²) in [5.41, 5.74) is 0.977. The molecule has 0 aliphatic heterocycles. The largest absolute Gasteiger partial charge is 0.508 e. The van der Waals surface area contributed by atoms with Crippen LogP contribution in [0.2, 0.25) is 0 Å². The van der Waals surface area contributed by atoms with Gasteiger partial charge in [0.05, 0.1) is 12.3 Å². The van der Waals surface area contributed by atoms with Crippen LogP contribution in [-0.2, 0) is 16.0 Å². The number of rotatable bonds is 10. The smallest absolute Gasteiger partial charge is 0.342 e. The molecule has 0 atom stereocenters. The zero-order chi connectivity index (χ0) is 18.7. The maximum Gasteiger partial charge on any atom is 0.342 e. The van der Waals surface area contributed by atoms with Gasteiger partial charge >= 0.3 is 5.97 Å². The van der Waals surface area contributed by atoms with E-state index >= 15 is 0 Å². The van der Waals surface area contributed by atoms with Gasteiger partial charge in [0, 0.05) is 12.5 Å². The Morgan fingerprint density at radius 2 is 2.08 bits per heavy atom. The van der Waals surface area contributed by atoms with E-state index in [0.717, 1.165) is 12.5 Å². The molecule has 1 aromatic carbocycles. The monoisotopic (exact) mass is 347 g/mol. The molecule has 0 aromatic heterocycles. The molecular weight excluding hydrogens is 322 g/mol. The van der Waals surface area contributed by atoms with E-state index < -0.39 is 5.97 Å². The molecule has 0 bridgehead atoms. The summed E-state index contributed by atoms with van der Waals surface area (Å²) in [6.45, 7) is 7.93. The molecule has 6 nitrogen and oxygen atoms in total. The van der Waals surface area contributed by atoms with Gasteiger partial charge in [0.25, 0.3) is 0 Å². The fourth-order valence-electron chi connectivity index (χ4n) is 2.07. The number of aromatic hydroxyl groups is 2. The van der Waals surface area contributed by atoms with E-state index in [-0.39, 0.29) is 30.1 Å². The van der Waals surface area contributed by atoms with Gasteiger partial charge in [-0.05, 0) is 37.5 Å². The highest BCUT2D eigenvalue weighted by Crippen LogP contribution is 2.29. The lowest BCUT2D eigenvalue weighted by molar-refractivity contribution is 0.0507. The SMILES string of the molecule is C=CCCOC(=O)c1c(O)cc(O)cc1CC(/C=C/CC)=N/OCC. The van der Waals surface area contributed by atoms with Crippen molar-refractivity contribution >= 4 is 11.7 Å². The molecule has 6 heteroatoms. The Labute approximate surface area is 148 Å². The van der Waals surface area contributed by atoms with Crippen LogP contribution in [-0.4, -0.2) is 35.1 Å². The first-order valence-electron chi connectivity index (χ1n) is 8.21. The van der Waals surface area contributed by atoms with Gasteiger partial charge in [-0.2, -0.15) is 0 Å². The highest BCUT2D eigenvalue weighted by Gasteiger charge is 2.20. The molecule has 0 aliphatic rings. The second-order valence-electron chi connectivity index (χ2n) is 5.20. The molecule has 0 unspecified atom stereocenters. The van der Waals surface area contributed by atoms with Crippen molar-refractivity contribution in [3.05, 3.63) is 48.1 Å². The number of esters is 1. The van der Waals surface area contributed by atoms with Crippen LogP contribution in [0.15, 0.2) is 42.1 Å². The molecule has 0 fully saturated rings. The number of benzene rings is 1. The third-order valence-electron chi connectivity index (χ3n) is 3.17. The lowest BCUT2D eigenvalue weighted by Crippen LogP contribution is -2.12. The Bertz CT molecular complexity index is 649. The normalized spacial score (nSPS) is 11.5. The summed E-state index contributed by atoms with van der Waals surface area (Å²) in [5, 5.41) is 23.9. The predicted molar refractivity (Wildman–Crippen MR) is 97.1 cm³/mol. The number of carbonyl (C=O) groups excluding carboxylic acids is 1. The van der Waals surface area contributed by atoms with Gasteiger partial charge in [-0.1, -0.05) is 24.2 Å². The quantitative estimate of drug-likeness (QED) is 0.221. The van der Waals surface area contributed by atoms with Crippen molar-refractivity contribution < 1.29 is 24.6 Å². The molecule has 25 heavy (non-hydrogen) atoms. The van der Waals surface area contributed by atoms with Gasteiger partial charge < -0.3 is 19.8 Å². The average Bonchev–Trinajstić information content (AvgIpc) is 2.56. The van der Waals surface area contributed by atoms with Gasteiger partial charge in [-0.3, -0.25) is 0 Å². The van der Waals surface area contributed by atoms with Crippen molar-refractivity contribution in [2.45, 2.75) is 33.1 Å². The van der Waals surface area contributed by atoms with Crippen LogP contribution in [0, 0.1) is 0 Å². The Morgan fingerprint density at radius 3 is 2.72 bits per heavy atom. The number of nitrogens with zero attached hydrogens (tertiary/aromatic N) is 1. The number of ether oxygens (including phenoxy) is 1. The van der Waals surface area contributed by atoms with E-state index in [1.807, 2.05) is 19.9 Å². The third kappa shape index (κ3) is 6.71. The van der Waals surface area contributed by atoms with E-state index in [0.29, 0.717) is 24.3 Å². The summed E-state index contributed by atoms with van der Waals surface area (Å²) >= 11 is 0. The molecule has 0 aliphatic carbocycles. The van der Waals surface area contributed by atoms with Gasteiger partial charge in [-0.15, -0.1) is 6.58 Å². The topological polar surface area (TPSA) is 88.4 Å². The molecule has 2 N–H and O–H groups in total. The number of phenols is 2. The first-order chi connectivity index (χ1) is 12.0. The fourth-order valence-corrected chi connectivity index (χ4v) is 2.07. The molecule has 136 valence electrons. The maximum absolute atomic E-state index is 12.3. The second kappa shape index (κ2) is 10.9. The van der Waals surface area contributed by atoms with E-state index in [4.69, 9.17) is 9.57 Å². The molecule has 0 saturated heterocycles. The summed E-state index contributed by atoms with van der Waals surface area (Å²) in [4.78, 5) is 17.4. The lowest BCUT2D eigenvalue weighted by atomic mass is 10.00. The van der Waals surface area contributed by atoms with Crippen molar-refractivity contribution in [3.63, 3.8) is 0 Å². The number of hydrogen-bond donors (Lipinski definition) is 2. The molecule has 0 radical (unpaired) electrons. The van der Waals surface area contributed by atoms with Crippen LogP contribution in [0.25, 0.3) is 0 Å². The van der Waals surface area contributed by atoms with Crippen molar-refractivity contribution in [3.8, 4) is 11.5 Å². The lowest BCUT2D eigenvalue weighted by Gasteiger charge is -2.12. The average molecular weight is 347 g/mol. The molecule has 0 amide bonds. The summed E-state index contributed by atoms with van der Waals surface area (Å²) in [7, 11) is 0. The summed E-state index contributed by atoms with van der Waals surface area (Å²) in [5.74, 6) is -1.15. The zero-order valence-electron chi connectivity index (χ0n) is 14.7. The van der Waals surface area contributed by atoms with Gasteiger partial charge in [0.15, 0.2) is 0 Å². The van der Waals surface area contributed by atoms with Crippen LogP contribution in [0.5, 0.6) is 11.5 Å². The van der Waals surface area contributed by atoms with Crippen molar-refractivity contribution in [1.29, 1.82) is 0 Å². The highest BCUT2D eigenvalue weighted by atomic mass is 16.6. The number of phenolic OH excluding ortho intramolecular Hbond substituents is 2. The number of allylic oxidation sites excluding steroid dienone is 2. The van der Waals surface area contributed by atoms with Crippen LogP contribution in [0.4, 0.5) is 0 Å². The minimum absolute atomic E-state index is 0.0101. The van der Waals surface area contributed by atoms with Crippen molar-refractivity contribution in [2.24, 2.45) is 5.16 Å². The Balaban J connectivity index is 3.16. The Morgan fingerprint density at radius 1 is 1.32 bits per heavy atom. The fraction of sp³-hybridized carbons (Fsp3) is 0.368. The van der Waals surface area contributed by atoms with Gasteiger partial charge in [-0.25, -0.2) is 4.79 Å². The van der Waals surface area contributed by atoms with Crippen LogP contribution < -0.4 is 0 Å². The predicted octanol–water partition coefficient (Wildman–Crippen LogP) is 3.73. The number of hydrogen-bond acceptors (Lipinski definition) is 6. The highest BCUT2D eigenvalue weighted by molar-refractivity contribution is 6.00. The molecule has 1 rings (SSSR count). The third-order valence-corrected chi connectivity index (χ3v) is 3.17. The zero-order valence-corrected chi connectivity index (χ0v) is 14.7. The van der Waals surface area contributed by atoms with Crippen molar-refractivity contribution in [2.75, 3.05) is 13.2 Å². The second-order valence-corrected chi connectivity index (χ2v) is 5.20.